The summed E-state index contributed by atoms with van der Waals surface area (Å²) in [5, 5.41) is 22.2. The van der Waals surface area contributed by atoms with E-state index in [1.165, 1.54) is 22.3 Å². The molecule has 33 heavy (non-hydrogen) atoms. The van der Waals surface area contributed by atoms with Crippen molar-refractivity contribution in [3.8, 4) is 0 Å². The monoisotopic (exact) mass is 483 g/mol. The zero-order valence-electron chi connectivity index (χ0n) is 20.4. The second kappa shape index (κ2) is 13.6. The van der Waals surface area contributed by atoms with Gasteiger partial charge in [0.25, 0.3) is 0 Å². The van der Waals surface area contributed by atoms with Crippen molar-refractivity contribution in [1.82, 2.24) is 4.98 Å². The maximum absolute atomic E-state index is 6.00. The minimum absolute atomic E-state index is 0. The number of hydrogen-bond acceptors (Lipinski definition) is 3. The van der Waals surface area contributed by atoms with Gasteiger partial charge in [-0.2, -0.15) is 0 Å². The number of aromatic nitrogens is 1. The van der Waals surface area contributed by atoms with Crippen LogP contribution in [0.15, 0.2) is 54.6 Å². The molecule has 0 aliphatic rings. The standard InChI is InChI=1S/C27H33N3.Fe.N2/c1-7-22(29-26-18(3)12-9-13-19(26)4)24-16-11-17-25(28-24)23(8-2)30-27-20(5)14-10-15-21(27)6;;1-2/h9-17,22-23H,7-8H2,1-6H3;;/q-2;+2;. The van der Waals surface area contributed by atoms with Crippen LogP contribution in [0.4, 0.5) is 11.4 Å². The maximum Gasteiger partial charge on any atom is 2.00 e. The van der Waals surface area contributed by atoms with Crippen LogP contribution in [0.2, 0.25) is 0 Å². The molecule has 0 saturated carbocycles. The van der Waals surface area contributed by atoms with Crippen molar-refractivity contribution in [2.24, 2.45) is 0 Å². The largest absolute Gasteiger partial charge is 2.00 e. The number of benzene rings is 2. The molecule has 0 fully saturated rings. The Morgan fingerprint density at radius 3 is 1.24 bits per heavy atom. The van der Waals surface area contributed by atoms with Crippen molar-refractivity contribution in [3.05, 3.63) is 98.9 Å². The molecule has 0 saturated heterocycles. The minimum Gasteiger partial charge on any atom is -0.676 e. The Hall–Kier alpha value is -2.87. The van der Waals surface area contributed by atoms with Gasteiger partial charge in [0.1, 0.15) is 0 Å². The van der Waals surface area contributed by atoms with Gasteiger partial charge in [-0.25, -0.2) is 0 Å². The Balaban J connectivity index is 0.00000177. The second-order valence-electron chi connectivity index (χ2n) is 8.07. The number of para-hydroxylation sites is 2. The zero-order chi connectivity index (χ0) is 23.7. The van der Waals surface area contributed by atoms with Crippen LogP contribution < -0.4 is 0 Å². The van der Waals surface area contributed by atoms with E-state index in [0.29, 0.717) is 0 Å². The summed E-state index contributed by atoms with van der Waals surface area (Å²) in [6, 6.07) is 19.1. The van der Waals surface area contributed by atoms with Crippen molar-refractivity contribution < 1.29 is 17.1 Å². The molecule has 0 amide bonds. The number of hydrogen-bond donors (Lipinski definition) is 0. The predicted molar refractivity (Wildman–Crippen MR) is 132 cm³/mol. The Morgan fingerprint density at radius 2 is 0.939 bits per heavy atom. The summed E-state index contributed by atoms with van der Waals surface area (Å²) < 4.78 is 0. The Kier molecular flexibility index (Phi) is 11.6. The smallest absolute Gasteiger partial charge is 0.676 e. The first kappa shape index (κ1) is 28.2. The van der Waals surface area contributed by atoms with Crippen molar-refractivity contribution in [1.29, 1.82) is 10.8 Å². The fourth-order valence-electron chi connectivity index (χ4n) is 3.90. The third kappa shape index (κ3) is 7.05. The molecule has 174 valence electrons. The van der Waals surface area contributed by atoms with Crippen molar-refractivity contribution >= 4 is 11.4 Å². The molecule has 3 aromatic rings. The first-order valence-corrected chi connectivity index (χ1v) is 11.2. The predicted octanol–water partition coefficient (Wildman–Crippen LogP) is 8.66. The van der Waals surface area contributed by atoms with E-state index in [1.54, 1.807) is 0 Å². The van der Waals surface area contributed by atoms with Crippen LogP contribution in [0.3, 0.4) is 0 Å². The molecular formula is C27H33FeN5. The summed E-state index contributed by atoms with van der Waals surface area (Å²) in [5.74, 6) is 0. The van der Waals surface area contributed by atoms with Crippen LogP contribution in [-0.4, -0.2) is 4.98 Å². The summed E-state index contributed by atoms with van der Waals surface area (Å²) in [6.45, 7) is 12.8. The molecule has 1 heterocycles. The number of rotatable bonds is 8. The van der Waals surface area contributed by atoms with E-state index in [1.807, 2.05) is 0 Å². The topological polar surface area (TPSA) is 88.7 Å². The van der Waals surface area contributed by atoms with Gasteiger partial charge in [-0.3, -0.25) is 4.98 Å². The minimum atomic E-state index is 0. The van der Waals surface area contributed by atoms with Crippen LogP contribution in [0.1, 0.15) is 72.4 Å². The molecule has 2 aromatic carbocycles. The molecule has 0 radical (unpaired) electrons. The quantitative estimate of drug-likeness (QED) is 0.237. The van der Waals surface area contributed by atoms with E-state index in [-0.39, 0.29) is 29.2 Å². The average molecular weight is 483 g/mol. The van der Waals surface area contributed by atoms with Gasteiger partial charge in [-0.1, -0.05) is 103 Å². The van der Waals surface area contributed by atoms with Crippen LogP contribution in [0, 0.1) is 38.5 Å². The van der Waals surface area contributed by atoms with E-state index in [4.69, 9.17) is 26.4 Å². The molecule has 0 aliphatic carbocycles. The molecule has 5 nitrogen and oxygen atoms in total. The fraction of sp³-hybridized carbons (Fsp3) is 0.370. The van der Waals surface area contributed by atoms with E-state index in [2.05, 4.69) is 96.1 Å². The molecule has 0 aliphatic heterocycles. The van der Waals surface area contributed by atoms with Crippen LogP contribution in [0.25, 0.3) is 10.6 Å². The van der Waals surface area contributed by atoms with Gasteiger partial charge < -0.3 is 10.6 Å². The normalized spacial score (nSPS) is 11.9. The second-order valence-corrected chi connectivity index (χ2v) is 8.07. The summed E-state index contributed by atoms with van der Waals surface area (Å²) in [4.78, 5) is 5.04. The Bertz CT molecular complexity index is 930. The first-order chi connectivity index (χ1) is 15.4. The summed E-state index contributed by atoms with van der Waals surface area (Å²) in [7, 11) is 0. The van der Waals surface area contributed by atoms with E-state index in [9.17, 15) is 0 Å². The summed E-state index contributed by atoms with van der Waals surface area (Å²) >= 11 is 0. The molecule has 3 rings (SSSR count). The van der Waals surface area contributed by atoms with Crippen LogP contribution >= 0.6 is 0 Å². The third-order valence-corrected chi connectivity index (χ3v) is 5.70. The molecule has 0 bridgehead atoms. The van der Waals surface area contributed by atoms with E-state index in [0.717, 1.165) is 35.6 Å². The average Bonchev–Trinajstić information content (AvgIpc) is 2.80. The molecule has 2 atom stereocenters. The maximum atomic E-state index is 6.00. The van der Waals surface area contributed by atoms with Crippen LogP contribution in [0.5, 0.6) is 0 Å². The van der Waals surface area contributed by atoms with Gasteiger partial charge in [0, 0.05) is 22.2 Å². The van der Waals surface area contributed by atoms with Gasteiger partial charge in [0.2, 0.25) is 0 Å². The van der Waals surface area contributed by atoms with Gasteiger partial charge in [-0.15, -0.1) is 11.4 Å². The van der Waals surface area contributed by atoms with E-state index >= 15 is 0 Å². The number of nitrogens with zero attached hydrogens (tertiary/aromatic N) is 5. The number of pyridine rings is 1. The summed E-state index contributed by atoms with van der Waals surface area (Å²) in [5.41, 5.74) is 9.05. The Morgan fingerprint density at radius 1 is 0.636 bits per heavy atom. The van der Waals surface area contributed by atoms with Crippen molar-refractivity contribution in [2.45, 2.75) is 66.5 Å². The van der Waals surface area contributed by atoms with Crippen molar-refractivity contribution in [2.75, 3.05) is 0 Å². The number of aryl methyl sites for hydroxylation is 4. The first-order valence-electron chi connectivity index (χ1n) is 11.2. The molecule has 6 heteroatoms. The SMILES string of the molecule is CCC([N-]c1c(C)cccc1C)c1cccc(C(CC)[N-]c2c(C)cccc2C)n1.N#N.[Fe+2]. The van der Waals surface area contributed by atoms with Crippen LogP contribution in [-0.2, 0) is 17.1 Å². The molecular weight excluding hydrogens is 450 g/mol. The van der Waals surface area contributed by atoms with Gasteiger partial charge in [0.05, 0.1) is 0 Å². The van der Waals surface area contributed by atoms with Gasteiger partial charge in [0.15, 0.2) is 0 Å². The third-order valence-electron chi connectivity index (χ3n) is 5.70. The van der Waals surface area contributed by atoms with Crippen molar-refractivity contribution in [3.63, 3.8) is 0 Å². The molecule has 2 unspecified atom stereocenters. The van der Waals surface area contributed by atoms with Gasteiger partial charge >= 0.3 is 17.1 Å². The molecule has 1 aromatic heterocycles. The van der Waals surface area contributed by atoms with Gasteiger partial charge in [-0.05, 0) is 39.8 Å². The zero-order valence-corrected chi connectivity index (χ0v) is 21.5. The summed E-state index contributed by atoms with van der Waals surface area (Å²) in [6.07, 6.45) is 1.82. The Labute approximate surface area is 209 Å². The van der Waals surface area contributed by atoms with E-state index < -0.39 is 0 Å². The molecule has 0 spiro atoms. The fourth-order valence-corrected chi connectivity index (χ4v) is 3.90. The molecule has 0 N–H and O–H groups in total.